The van der Waals surface area contributed by atoms with Crippen molar-refractivity contribution in [1.82, 2.24) is 4.72 Å². The Kier molecular flexibility index (Phi) is 5.35. The summed E-state index contributed by atoms with van der Waals surface area (Å²) in [6, 6.07) is 9.81. The van der Waals surface area contributed by atoms with Crippen LogP contribution >= 0.6 is 11.6 Å². The first-order chi connectivity index (χ1) is 10.8. The molecule has 23 heavy (non-hydrogen) atoms. The maximum atomic E-state index is 13.6. The van der Waals surface area contributed by atoms with E-state index >= 15 is 0 Å². The second kappa shape index (κ2) is 7.08. The molecule has 2 N–H and O–H groups in total. The second-order valence-electron chi connectivity index (χ2n) is 4.66. The molecule has 0 fully saturated rings. The number of amides is 1. The zero-order valence-corrected chi connectivity index (χ0v) is 13.7. The van der Waals surface area contributed by atoms with Gasteiger partial charge in [-0.1, -0.05) is 17.7 Å². The molecule has 0 heterocycles. The predicted molar refractivity (Wildman–Crippen MR) is 86.4 cm³/mol. The highest BCUT2D eigenvalue weighted by molar-refractivity contribution is 7.89. The lowest BCUT2D eigenvalue weighted by Gasteiger charge is -2.08. The van der Waals surface area contributed by atoms with Crippen molar-refractivity contribution in [3.05, 3.63) is 58.9 Å². The maximum Gasteiger partial charge on any atom is 0.240 e. The molecule has 0 bridgehead atoms. The van der Waals surface area contributed by atoms with Crippen LogP contribution in [0.3, 0.4) is 0 Å². The number of hydrogen-bond acceptors (Lipinski definition) is 3. The van der Waals surface area contributed by atoms with Crippen molar-refractivity contribution in [1.29, 1.82) is 0 Å². The van der Waals surface area contributed by atoms with Crippen LogP contribution in [-0.4, -0.2) is 21.4 Å². The van der Waals surface area contributed by atoms with Gasteiger partial charge < -0.3 is 5.32 Å². The van der Waals surface area contributed by atoms with Gasteiger partial charge in [0.2, 0.25) is 15.9 Å². The van der Waals surface area contributed by atoms with Crippen LogP contribution in [0, 0.1) is 5.82 Å². The van der Waals surface area contributed by atoms with Crippen LogP contribution < -0.4 is 10.0 Å². The smallest absolute Gasteiger partial charge is 0.240 e. The van der Waals surface area contributed by atoms with E-state index in [4.69, 9.17) is 11.6 Å². The summed E-state index contributed by atoms with van der Waals surface area (Å²) in [5.41, 5.74) is 0.513. The van der Waals surface area contributed by atoms with E-state index in [9.17, 15) is 17.6 Å². The summed E-state index contributed by atoms with van der Waals surface area (Å²) in [5.74, 6) is -1.01. The van der Waals surface area contributed by atoms with Crippen molar-refractivity contribution in [2.24, 2.45) is 0 Å². The highest BCUT2D eigenvalue weighted by Crippen LogP contribution is 2.20. The van der Waals surface area contributed by atoms with Gasteiger partial charge in [-0.15, -0.1) is 0 Å². The van der Waals surface area contributed by atoms with E-state index in [1.807, 2.05) is 0 Å². The zero-order valence-electron chi connectivity index (χ0n) is 12.1. The van der Waals surface area contributed by atoms with Gasteiger partial charge in [0, 0.05) is 16.3 Å². The molecule has 0 aliphatic carbocycles. The Morgan fingerprint density at radius 2 is 1.83 bits per heavy atom. The van der Waals surface area contributed by atoms with Crippen LogP contribution in [0.4, 0.5) is 10.1 Å². The van der Waals surface area contributed by atoms with Gasteiger partial charge >= 0.3 is 0 Å². The Bertz CT molecular complexity index is 803. The molecular formula is C15H14ClFN2O3S. The number of benzene rings is 2. The molecule has 2 rings (SSSR count). The molecule has 0 aliphatic rings. The van der Waals surface area contributed by atoms with Crippen molar-refractivity contribution in [3.63, 3.8) is 0 Å². The summed E-state index contributed by atoms with van der Waals surface area (Å²) in [6.07, 6.45) is -0.220. The maximum absolute atomic E-state index is 13.6. The molecular weight excluding hydrogens is 343 g/mol. The fourth-order valence-corrected chi connectivity index (χ4v) is 2.86. The Labute approximate surface area is 138 Å². The number of anilines is 1. The number of nitrogens with one attached hydrogen (secondary N) is 2. The van der Waals surface area contributed by atoms with Gasteiger partial charge in [0.05, 0.1) is 11.3 Å². The second-order valence-corrected chi connectivity index (χ2v) is 6.95. The van der Waals surface area contributed by atoms with Gasteiger partial charge in [0.1, 0.15) is 5.82 Å². The minimum atomic E-state index is -3.53. The third-order valence-electron chi connectivity index (χ3n) is 3.12. The Morgan fingerprint density at radius 1 is 1.17 bits per heavy atom. The lowest BCUT2D eigenvalue weighted by molar-refractivity contribution is -0.115. The number of sulfonamides is 1. The van der Waals surface area contributed by atoms with E-state index in [1.165, 1.54) is 49.5 Å². The molecule has 1 amide bonds. The third kappa shape index (κ3) is 4.28. The number of hydrogen-bond donors (Lipinski definition) is 2. The van der Waals surface area contributed by atoms with Crippen LogP contribution in [0.5, 0.6) is 0 Å². The van der Waals surface area contributed by atoms with Gasteiger partial charge in [0.15, 0.2) is 0 Å². The summed E-state index contributed by atoms with van der Waals surface area (Å²) in [7, 11) is -2.22. The van der Waals surface area contributed by atoms with Crippen LogP contribution in [0.25, 0.3) is 0 Å². The van der Waals surface area contributed by atoms with Crippen molar-refractivity contribution < 1.29 is 17.6 Å². The monoisotopic (exact) mass is 356 g/mol. The van der Waals surface area contributed by atoms with Crippen molar-refractivity contribution >= 4 is 33.2 Å². The van der Waals surface area contributed by atoms with Crippen LogP contribution in [-0.2, 0) is 21.2 Å². The van der Waals surface area contributed by atoms with Gasteiger partial charge in [-0.2, -0.15) is 0 Å². The number of halogens is 2. The van der Waals surface area contributed by atoms with E-state index in [0.717, 1.165) is 0 Å². The summed E-state index contributed by atoms with van der Waals surface area (Å²) >= 11 is 5.87. The van der Waals surface area contributed by atoms with Gasteiger partial charge in [-0.05, 0) is 43.4 Å². The molecule has 0 aromatic heterocycles. The molecule has 122 valence electrons. The quantitative estimate of drug-likeness (QED) is 0.864. The van der Waals surface area contributed by atoms with E-state index in [-0.39, 0.29) is 21.9 Å². The predicted octanol–water partition coefficient (Wildman–Crippen LogP) is 2.57. The third-order valence-corrected chi connectivity index (χ3v) is 4.90. The summed E-state index contributed by atoms with van der Waals surface area (Å²) in [5, 5.41) is 2.74. The van der Waals surface area contributed by atoms with Crippen LogP contribution in [0.15, 0.2) is 47.4 Å². The SMILES string of the molecule is CNS(=O)(=O)c1ccc(NC(=O)Cc2c(F)cccc2Cl)cc1. The fraction of sp³-hybridized carbons (Fsp3) is 0.133. The van der Waals surface area contributed by atoms with Gasteiger partial charge in [-0.3, -0.25) is 4.79 Å². The molecule has 0 unspecified atom stereocenters. The van der Waals surface area contributed by atoms with E-state index < -0.39 is 21.7 Å². The molecule has 0 atom stereocenters. The van der Waals surface area contributed by atoms with Crippen molar-refractivity contribution in [2.45, 2.75) is 11.3 Å². The minimum Gasteiger partial charge on any atom is -0.326 e. The molecule has 2 aromatic rings. The average molecular weight is 357 g/mol. The topological polar surface area (TPSA) is 75.3 Å². The first kappa shape index (κ1) is 17.4. The number of carbonyl (C=O) groups excluding carboxylic acids is 1. The summed E-state index contributed by atoms with van der Waals surface area (Å²) < 4.78 is 39.0. The molecule has 0 radical (unpaired) electrons. The fourth-order valence-electron chi connectivity index (χ4n) is 1.90. The van der Waals surface area contributed by atoms with Crippen molar-refractivity contribution in [2.75, 3.05) is 12.4 Å². The van der Waals surface area contributed by atoms with Gasteiger partial charge in [-0.25, -0.2) is 17.5 Å². The number of rotatable bonds is 5. The Morgan fingerprint density at radius 3 is 2.39 bits per heavy atom. The van der Waals surface area contributed by atoms with Crippen LogP contribution in [0.2, 0.25) is 5.02 Å². The molecule has 0 saturated carbocycles. The van der Waals surface area contributed by atoms with E-state index in [1.54, 1.807) is 0 Å². The molecule has 0 spiro atoms. The first-order valence-corrected chi connectivity index (χ1v) is 8.46. The Balaban J connectivity index is 2.09. The Hall–Kier alpha value is -1.96. The molecule has 5 nitrogen and oxygen atoms in total. The highest BCUT2D eigenvalue weighted by Gasteiger charge is 2.13. The first-order valence-electron chi connectivity index (χ1n) is 6.60. The summed E-state index contributed by atoms with van der Waals surface area (Å²) in [4.78, 5) is 12.0. The molecule has 2 aromatic carbocycles. The van der Waals surface area contributed by atoms with Crippen molar-refractivity contribution in [3.8, 4) is 0 Å². The highest BCUT2D eigenvalue weighted by atomic mass is 35.5. The molecule has 0 saturated heterocycles. The standard InChI is InChI=1S/C15H14ClFN2O3S/c1-18-23(21,22)11-7-5-10(6-8-11)19-15(20)9-12-13(16)3-2-4-14(12)17/h2-8,18H,9H2,1H3,(H,19,20). The number of carbonyl (C=O) groups is 1. The average Bonchev–Trinajstić information content (AvgIpc) is 2.51. The zero-order chi connectivity index (χ0) is 17.0. The summed E-state index contributed by atoms with van der Waals surface area (Å²) in [6.45, 7) is 0. The largest absolute Gasteiger partial charge is 0.326 e. The van der Waals surface area contributed by atoms with E-state index in [0.29, 0.717) is 5.69 Å². The molecule has 8 heteroatoms. The lowest BCUT2D eigenvalue weighted by Crippen LogP contribution is -2.19. The normalized spacial score (nSPS) is 11.3. The molecule has 0 aliphatic heterocycles. The minimum absolute atomic E-state index is 0.0788. The van der Waals surface area contributed by atoms with E-state index in [2.05, 4.69) is 10.0 Å². The van der Waals surface area contributed by atoms with Gasteiger partial charge in [0.25, 0.3) is 0 Å². The van der Waals surface area contributed by atoms with Crippen LogP contribution in [0.1, 0.15) is 5.56 Å². The lowest BCUT2D eigenvalue weighted by atomic mass is 10.1.